The van der Waals surface area contributed by atoms with E-state index in [1.807, 2.05) is 66.9 Å². The molecule has 0 N–H and O–H groups in total. The number of aromatic nitrogens is 2. The molecular weight excluding hydrogens is 832 g/mol. The third kappa shape index (κ3) is 7.54. The van der Waals surface area contributed by atoms with Gasteiger partial charge in [-0.25, -0.2) is 4.39 Å². The van der Waals surface area contributed by atoms with E-state index in [1.54, 1.807) is 6.07 Å². The van der Waals surface area contributed by atoms with Crippen molar-refractivity contribution in [1.82, 2.24) is 9.97 Å². The molecule has 3 aromatic heterocycles. The first kappa shape index (κ1) is 35.4. The van der Waals surface area contributed by atoms with Crippen LogP contribution in [0.1, 0.15) is 36.5 Å². The number of benzene rings is 4. The second-order valence-electron chi connectivity index (χ2n) is 13.4. The quantitative estimate of drug-likeness (QED) is 0.128. The zero-order chi connectivity index (χ0) is 33.3. The first-order valence-corrected chi connectivity index (χ1v) is 23.4. The van der Waals surface area contributed by atoms with Gasteiger partial charge < -0.3 is 9.40 Å². The summed E-state index contributed by atoms with van der Waals surface area (Å²) in [6.45, 7) is 8.63. The minimum atomic E-state index is -1.77. The van der Waals surface area contributed by atoms with E-state index in [0.717, 1.165) is 44.4 Å². The fraction of sp³-hybridized carbons (Fsp3) is 0.190. The predicted octanol–water partition coefficient (Wildman–Crippen LogP) is 11.1. The van der Waals surface area contributed by atoms with Crippen molar-refractivity contribution in [3.8, 4) is 33.6 Å². The monoisotopic (exact) mass is 873 g/mol. The molecule has 0 fully saturated rings. The second kappa shape index (κ2) is 14.7. The third-order valence-corrected chi connectivity index (χ3v) is 13.0. The first-order chi connectivity index (χ1) is 22.5. The van der Waals surface area contributed by atoms with Gasteiger partial charge in [0.2, 0.25) is 0 Å². The molecule has 7 aromatic rings. The van der Waals surface area contributed by atoms with Crippen LogP contribution in [0.25, 0.3) is 55.6 Å². The maximum atomic E-state index is 14.9. The van der Waals surface area contributed by atoms with Crippen molar-refractivity contribution in [1.29, 1.82) is 0 Å². The number of hydrogen-bond donors (Lipinski definition) is 0. The summed E-state index contributed by atoms with van der Waals surface area (Å²) in [4.78, 5) is 9.20. The Kier molecular flexibility index (Phi) is 10.8. The van der Waals surface area contributed by atoms with Crippen molar-refractivity contribution in [2.24, 2.45) is 0 Å². The van der Waals surface area contributed by atoms with Gasteiger partial charge in [0.05, 0.1) is 5.58 Å². The first-order valence-electron chi connectivity index (χ1n) is 16.0. The van der Waals surface area contributed by atoms with Crippen LogP contribution in [-0.4, -0.2) is 23.2 Å². The van der Waals surface area contributed by atoms with Crippen LogP contribution in [0.15, 0.2) is 108 Å². The van der Waals surface area contributed by atoms with Crippen LogP contribution in [0.3, 0.4) is 0 Å². The van der Waals surface area contributed by atoms with E-state index in [1.165, 1.54) is 27.2 Å². The maximum Gasteiger partial charge on any atom is 0.165 e. The molecule has 0 amide bonds. The predicted molar refractivity (Wildman–Crippen MR) is 196 cm³/mol. The fourth-order valence-corrected chi connectivity index (χ4v) is 9.66. The summed E-state index contributed by atoms with van der Waals surface area (Å²) in [5.41, 5.74) is 10.3. The molecule has 0 aliphatic heterocycles. The Morgan fingerprint density at radius 1 is 0.729 bits per heavy atom. The third-order valence-electron chi connectivity index (χ3n) is 8.51. The molecule has 0 bridgehead atoms. The Morgan fingerprint density at radius 3 is 2.10 bits per heavy atom. The number of nitrogens with zero attached hydrogens (tertiary/aromatic N) is 2. The smallest absolute Gasteiger partial charge is 0.165 e. The Labute approximate surface area is 299 Å². The van der Waals surface area contributed by atoms with E-state index < -0.39 is 13.3 Å². The van der Waals surface area contributed by atoms with E-state index >= 15 is 0 Å². The van der Waals surface area contributed by atoms with E-state index in [4.69, 9.17) is 4.42 Å². The summed E-state index contributed by atoms with van der Waals surface area (Å²) in [5.74, 6) is 7.25. The Bertz CT molecular complexity index is 2190. The van der Waals surface area contributed by atoms with E-state index in [-0.39, 0.29) is 31.5 Å². The molecular formula is C42H39FGeIrN2O-2. The summed E-state index contributed by atoms with van der Waals surface area (Å²) in [6.07, 6.45) is 3.98. The molecule has 0 spiro atoms. The normalized spacial score (nSPS) is 11.4. The average Bonchev–Trinajstić information content (AvgIpc) is 3.44. The summed E-state index contributed by atoms with van der Waals surface area (Å²) in [5, 5.41) is 1.62. The van der Waals surface area contributed by atoms with E-state index in [9.17, 15) is 4.39 Å². The molecule has 0 aliphatic carbocycles. The molecule has 0 aliphatic rings. The SMILES string of the molecule is Cc1cc(-c2[c-]cccc2)nc[c]1[Ge]([CH3])([CH3])[CH3].Cc1cnc(-c2[c-]cc3oc4c(F)cc(-c5ccccc5)cc4c3c2)cc1C(C)C.[Ir]. The zero-order valence-electron chi connectivity index (χ0n) is 28.4. The van der Waals surface area contributed by atoms with Crippen LogP contribution in [-0.2, 0) is 20.1 Å². The van der Waals surface area contributed by atoms with Gasteiger partial charge in [-0.15, -0.1) is 23.8 Å². The van der Waals surface area contributed by atoms with Crippen LogP contribution < -0.4 is 4.40 Å². The molecule has 6 heteroatoms. The number of pyridine rings is 2. The van der Waals surface area contributed by atoms with Crippen LogP contribution in [0.2, 0.25) is 17.3 Å². The number of fused-ring (bicyclic) bond motifs is 3. The minimum Gasteiger partial charge on any atom is -0.497 e. The molecule has 3 heterocycles. The number of aryl methyl sites for hydroxylation is 2. The van der Waals surface area contributed by atoms with Gasteiger partial charge in [-0.2, -0.15) is 0 Å². The molecule has 0 saturated heterocycles. The molecule has 7 rings (SSSR count). The van der Waals surface area contributed by atoms with Crippen LogP contribution in [0, 0.1) is 31.8 Å². The molecule has 0 saturated carbocycles. The van der Waals surface area contributed by atoms with Crippen LogP contribution >= 0.6 is 0 Å². The van der Waals surface area contributed by atoms with Crippen molar-refractivity contribution >= 4 is 39.6 Å². The van der Waals surface area contributed by atoms with Crippen LogP contribution in [0.5, 0.6) is 0 Å². The van der Waals surface area contributed by atoms with Gasteiger partial charge >= 0.3 is 106 Å². The van der Waals surface area contributed by atoms with Crippen molar-refractivity contribution in [3.63, 3.8) is 0 Å². The average molecular weight is 872 g/mol. The van der Waals surface area contributed by atoms with Gasteiger partial charge in [0.25, 0.3) is 0 Å². The molecule has 0 atom stereocenters. The Hall–Kier alpha value is -3.90. The van der Waals surface area contributed by atoms with E-state index in [0.29, 0.717) is 11.5 Å². The van der Waals surface area contributed by atoms with Crippen LogP contribution in [0.4, 0.5) is 4.39 Å². The number of furan rings is 1. The van der Waals surface area contributed by atoms with Gasteiger partial charge in [0.1, 0.15) is 0 Å². The topological polar surface area (TPSA) is 38.9 Å². The second-order valence-corrected chi connectivity index (χ2v) is 24.0. The number of rotatable bonds is 5. The summed E-state index contributed by atoms with van der Waals surface area (Å²) in [7, 11) is 0. The van der Waals surface area contributed by atoms with Crippen molar-refractivity contribution in [2.75, 3.05) is 0 Å². The number of hydrogen-bond acceptors (Lipinski definition) is 3. The van der Waals surface area contributed by atoms with Gasteiger partial charge in [-0.05, 0) is 52.9 Å². The fourth-order valence-electron chi connectivity index (χ4n) is 6.08. The van der Waals surface area contributed by atoms with Crippen molar-refractivity contribution < 1.29 is 28.9 Å². The molecule has 4 aromatic carbocycles. The summed E-state index contributed by atoms with van der Waals surface area (Å²) >= 11 is -1.77. The summed E-state index contributed by atoms with van der Waals surface area (Å²) < 4.78 is 22.2. The molecule has 0 unspecified atom stereocenters. The van der Waals surface area contributed by atoms with Gasteiger partial charge in [0.15, 0.2) is 11.4 Å². The van der Waals surface area contributed by atoms with Gasteiger partial charge in [-0.1, -0.05) is 55.6 Å². The van der Waals surface area contributed by atoms with Crippen molar-refractivity contribution in [2.45, 2.75) is 50.9 Å². The molecule has 3 nitrogen and oxygen atoms in total. The Balaban J connectivity index is 0.000000214. The molecule has 48 heavy (non-hydrogen) atoms. The largest absolute Gasteiger partial charge is 0.497 e. The number of halogens is 1. The van der Waals surface area contributed by atoms with Crippen molar-refractivity contribution in [3.05, 3.63) is 138 Å². The molecule has 245 valence electrons. The zero-order valence-corrected chi connectivity index (χ0v) is 32.9. The van der Waals surface area contributed by atoms with E-state index in [2.05, 4.69) is 91.5 Å². The molecule has 1 radical (unpaired) electrons. The maximum absolute atomic E-state index is 14.9. The standard InChI is InChI=1S/C27H21FNO.C15H18GeN.Ir/c1-16(2)21-14-25(29-15-17(21)3)19-9-10-26-22(11-19)23-12-20(13-24(28)27(23)30-26)18-7-5-4-6-8-18;1-12-10-15(13-8-6-5-7-9-13)17-11-14(12)16(2,3)4;/h4-8,10-16H,1-3H3;5-8,10-11H,1-4H3;/q2*-1;. The van der Waals surface area contributed by atoms with Gasteiger partial charge in [0, 0.05) is 31.7 Å². The minimum absolute atomic E-state index is 0. The Morgan fingerprint density at radius 2 is 1.44 bits per heavy atom. The van der Waals surface area contributed by atoms with Gasteiger partial charge in [-0.3, -0.25) is 0 Å². The summed E-state index contributed by atoms with van der Waals surface area (Å²) in [6, 6.07) is 35.9.